The van der Waals surface area contributed by atoms with Crippen LogP contribution in [0.5, 0.6) is 11.5 Å². The van der Waals surface area contributed by atoms with Gasteiger partial charge in [-0.05, 0) is 31.0 Å². The van der Waals surface area contributed by atoms with Crippen LogP contribution in [0.15, 0.2) is 18.2 Å². The van der Waals surface area contributed by atoms with E-state index in [4.69, 9.17) is 15.2 Å². The molecule has 1 aromatic rings. The van der Waals surface area contributed by atoms with Crippen molar-refractivity contribution in [2.45, 2.75) is 31.2 Å². The number of ketones is 1. The first-order valence-corrected chi connectivity index (χ1v) is 6.42. The Hall–Kier alpha value is -1.55. The van der Waals surface area contributed by atoms with Gasteiger partial charge in [0.15, 0.2) is 17.3 Å². The van der Waals surface area contributed by atoms with Gasteiger partial charge in [-0.3, -0.25) is 4.79 Å². The SMILES string of the molecule is NC1(C(=O)c2ccc3c(c2)OCCO3)CCCC1. The first-order chi connectivity index (χ1) is 8.69. The molecule has 0 saturated heterocycles. The number of carbonyl (C=O) groups excluding carboxylic acids is 1. The molecule has 1 fully saturated rings. The summed E-state index contributed by atoms with van der Waals surface area (Å²) in [6.07, 6.45) is 3.63. The molecule has 0 aromatic heterocycles. The van der Waals surface area contributed by atoms with Crippen LogP contribution >= 0.6 is 0 Å². The molecule has 18 heavy (non-hydrogen) atoms. The van der Waals surface area contributed by atoms with Gasteiger partial charge in [-0.15, -0.1) is 0 Å². The number of nitrogens with two attached hydrogens (primary N) is 1. The minimum absolute atomic E-state index is 0.0250. The fraction of sp³-hybridized carbons (Fsp3) is 0.500. The van der Waals surface area contributed by atoms with Crippen LogP contribution in [0.1, 0.15) is 36.0 Å². The van der Waals surface area contributed by atoms with Crippen LogP contribution in [-0.4, -0.2) is 24.5 Å². The smallest absolute Gasteiger partial charge is 0.182 e. The molecule has 0 atom stereocenters. The Balaban J connectivity index is 1.90. The highest BCUT2D eigenvalue weighted by Gasteiger charge is 2.37. The van der Waals surface area contributed by atoms with Crippen LogP contribution in [0, 0.1) is 0 Å². The molecule has 96 valence electrons. The molecule has 2 aliphatic rings. The van der Waals surface area contributed by atoms with Crippen molar-refractivity contribution in [1.82, 2.24) is 0 Å². The third kappa shape index (κ3) is 1.86. The number of benzene rings is 1. The normalized spacial score (nSPS) is 20.7. The predicted molar refractivity (Wildman–Crippen MR) is 67.1 cm³/mol. The lowest BCUT2D eigenvalue weighted by molar-refractivity contribution is 0.0891. The van der Waals surface area contributed by atoms with E-state index in [2.05, 4.69) is 0 Å². The number of hydrogen-bond acceptors (Lipinski definition) is 4. The van der Waals surface area contributed by atoms with Gasteiger partial charge in [-0.1, -0.05) is 12.8 Å². The van der Waals surface area contributed by atoms with E-state index < -0.39 is 5.54 Å². The zero-order valence-corrected chi connectivity index (χ0v) is 10.3. The van der Waals surface area contributed by atoms with Gasteiger partial charge in [0.25, 0.3) is 0 Å². The lowest BCUT2D eigenvalue weighted by Crippen LogP contribution is -2.45. The zero-order valence-electron chi connectivity index (χ0n) is 10.3. The fourth-order valence-corrected chi connectivity index (χ4v) is 2.71. The summed E-state index contributed by atoms with van der Waals surface area (Å²) in [7, 11) is 0. The molecule has 1 heterocycles. The van der Waals surface area contributed by atoms with Crippen molar-refractivity contribution in [3.05, 3.63) is 23.8 Å². The first kappa shape index (κ1) is 11.5. The molecular formula is C14H17NO3. The van der Waals surface area contributed by atoms with E-state index in [0.29, 0.717) is 30.3 Å². The van der Waals surface area contributed by atoms with Crippen molar-refractivity contribution in [1.29, 1.82) is 0 Å². The molecular weight excluding hydrogens is 230 g/mol. The topological polar surface area (TPSA) is 61.6 Å². The largest absolute Gasteiger partial charge is 0.486 e. The van der Waals surface area contributed by atoms with E-state index in [0.717, 1.165) is 25.7 Å². The van der Waals surface area contributed by atoms with Gasteiger partial charge in [-0.2, -0.15) is 0 Å². The molecule has 0 unspecified atom stereocenters. The predicted octanol–water partition coefficient (Wildman–Crippen LogP) is 1.91. The molecule has 4 nitrogen and oxygen atoms in total. The lowest BCUT2D eigenvalue weighted by Gasteiger charge is -2.23. The highest BCUT2D eigenvalue weighted by atomic mass is 16.6. The maximum Gasteiger partial charge on any atom is 0.182 e. The van der Waals surface area contributed by atoms with E-state index in [9.17, 15) is 4.79 Å². The minimum atomic E-state index is -0.677. The van der Waals surface area contributed by atoms with E-state index in [1.54, 1.807) is 18.2 Å². The number of ether oxygens (including phenoxy) is 2. The van der Waals surface area contributed by atoms with Crippen LogP contribution in [0.3, 0.4) is 0 Å². The van der Waals surface area contributed by atoms with Gasteiger partial charge >= 0.3 is 0 Å². The lowest BCUT2D eigenvalue weighted by atomic mass is 9.88. The number of hydrogen-bond donors (Lipinski definition) is 1. The van der Waals surface area contributed by atoms with E-state index in [1.807, 2.05) is 0 Å². The molecule has 3 rings (SSSR count). The number of fused-ring (bicyclic) bond motifs is 1. The summed E-state index contributed by atoms with van der Waals surface area (Å²) in [6.45, 7) is 1.08. The van der Waals surface area contributed by atoms with Crippen LogP contribution < -0.4 is 15.2 Å². The Morgan fingerprint density at radius 3 is 2.50 bits per heavy atom. The molecule has 2 N–H and O–H groups in total. The molecule has 0 amide bonds. The summed E-state index contributed by atoms with van der Waals surface area (Å²) in [5.41, 5.74) is 6.14. The second-order valence-electron chi connectivity index (χ2n) is 5.05. The molecule has 1 aromatic carbocycles. The third-order valence-electron chi connectivity index (χ3n) is 3.75. The number of rotatable bonds is 2. The quantitative estimate of drug-likeness (QED) is 0.811. The van der Waals surface area contributed by atoms with Crippen LogP contribution in [-0.2, 0) is 0 Å². The monoisotopic (exact) mass is 247 g/mol. The summed E-state index contributed by atoms with van der Waals surface area (Å²) in [4.78, 5) is 12.4. The zero-order chi connectivity index (χ0) is 12.6. The first-order valence-electron chi connectivity index (χ1n) is 6.42. The molecule has 1 aliphatic heterocycles. The van der Waals surface area contributed by atoms with Crippen molar-refractivity contribution < 1.29 is 14.3 Å². The Kier molecular flexibility index (Phi) is 2.74. The van der Waals surface area contributed by atoms with Crippen molar-refractivity contribution in [3.8, 4) is 11.5 Å². The van der Waals surface area contributed by atoms with Gasteiger partial charge in [0, 0.05) is 5.56 Å². The van der Waals surface area contributed by atoms with Gasteiger partial charge < -0.3 is 15.2 Å². The van der Waals surface area contributed by atoms with Crippen LogP contribution in [0.4, 0.5) is 0 Å². The summed E-state index contributed by atoms with van der Waals surface area (Å²) in [5, 5.41) is 0. The molecule has 0 spiro atoms. The highest BCUT2D eigenvalue weighted by molar-refractivity contribution is 6.03. The maximum absolute atomic E-state index is 12.4. The molecule has 4 heteroatoms. The Labute approximate surface area is 106 Å². The third-order valence-corrected chi connectivity index (χ3v) is 3.75. The van der Waals surface area contributed by atoms with Crippen molar-refractivity contribution in [2.24, 2.45) is 5.73 Å². The maximum atomic E-state index is 12.4. The second kappa shape index (κ2) is 4.28. The highest BCUT2D eigenvalue weighted by Crippen LogP contribution is 2.35. The van der Waals surface area contributed by atoms with Gasteiger partial charge in [0.1, 0.15) is 13.2 Å². The Bertz CT molecular complexity index is 478. The van der Waals surface area contributed by atoms with E-state index >= 15 is 0 Å². The van der Waals surface area contributed by atoms with Gasteiger partial charge in [0.2, 0.25) is 0 Å². The second-order valence-corrected chi connectivity index (χ2v) is 5.05. The van der Waals surface area contributed by atoms with Crippen molar-refractivity contribution >= 4 is 5.78 Å². The van der Waals surface area contributed by atoms with Crippen molar-refractivity contribution in [2.75, 3.05) is 13.2 Å². The van der Waals surface area contributed by atoms with Crippen LogP contribution in [0.25, 0.3) is 0 Å². The van der Waals surface area contributed by atoms with Crippen LogP contribution in [0.2, 0.25) is 0 Å². The fourth-order valence-electron chi connectivity index (χ4n) is 2.71. The molecule has 1 saturated carbocycles. The van der Waals surface area contributed by atoms with E-state index in [-0.39, 0.29) is 5.78 Å². The summed E-state index contributed by atoms with van der Waals surface area (Å²) >= 11 is 0. The number of carbonyl (C=O) groups is 1. The minimum Gasteiger partial charge on any atom is -0.486 e. The Morgan fingerprint density at radius 1 is 1.11 bits per heavy atom. The average molecular weight is 247 g/mol. The summed E-state index contributed by atoms with van der Waals surface area (Å²) in [6, 6.07) is 5.33. The van der Waals surface area contributed by atoms with Gasteiger partial charge in [0.05, 0.1) is 5.54 Å². The average Bonchev–Trinajstić information content (AvgIpc) is 2.85. The summed E-state index contributed by atoms with van der Waals surface area (Å²) in [5.74, 6) is 1.38. The molecule has 1 aliphatic carbocycles. The molecule has 0 bridgehead atoms. The standard InChI is InChI=1S/C14H17NO3/c15-14(5-1-2-6-14)13(16)10-3-4-11-12(9-10)18-8-7-17-11/h3-4,9H,1-2,5-8,15H2. The molecule has 0 radical (unpaired) electrons. The van der Waals surface area contributed by atoms with Gasteiger partial charge in [-0.25, -0.2) is 0 Å². The van der Waals surface area contributed by atoms with E-state index in [1.165, 1.54) is 0 Å². The summed E-state index contributed by atoms with van der Waals surface area (Å²) < 4.78 is 10.9. The number of Topliss-reactive ketones (excluding diaryl/α,β-unsaturated/α-hetero) is 1. The van der Waals surface area contributed by atoms with Crippen molar-refractivity contribution in [3.63, 3.8) is 0 Å². The Morgan fingerprint density at radius 2 is 1.78 bits per heavy atom.